The summed E-state index contributed by atoms with van der Waals surface area (Å²) >= 11 is 0. The van der Waals surface area contributed by atoms with Crippen molar-refractivity contribution >= 4 is 5.91 Å². The van der Waals surface area contributed by atoms with Crippen molar-refractivity contribution in [2.24, 2.45) is 11.7 Å². The molecule has 17 heavy (non-hydrogen) atoms. The Hall–Kier alpha value is -1.36. The van der Waals surface area contributed by atoms with Gasteiger partial charge in [-0.25, -0.2) is 0 Å². The molecule has 1 saturated carbocycles. The van der Waals surface area contributed by atoms with Gasteiger partial charge >= 0.3 is 0 Å². The van der Waals surface area contributed by atoms with Gasteiger partial charge in [-0.2, -0.15) is 5.10 Å². The van der Waals surface area contributed by atoms with Crippen molar-refractivity contribution in [3.05, 3.63) is 18.5 Å². The average Bonchev–Trinajstić information content (AvgIpc) is 2.89. The highest BCUT2D eigenvalue weighted by atomic mass is 16.1. The fourth-order valence-corrected chi connectivity index (χ4v) is 2.35. The number of aromatic nitrogens is 2. The Bertz CT molecular complexity index is 363. The molecule has 0 spiro atoms. The lowest BCUT2D eigenvalue weighted by Crippen LogP contribution is -2.39. The first-order chi connectivity index (χ1) is 8.15. The molecule has 1 amide bonds. The summed E-state index contributed by atoms with van der Waals surface area (Å²) in [6.07, 6.45) is 6.34. The minimum absolute atomic E-state index is 0.0965. The number of carbonyl (C=O) groups is 1. The highest BCUT2D eigenvalue weighted by molar-refractivity contribution is 5.79. The Balaban J connectivity index is 1.78. The van der Waals surface area contributed by atoms with Crippen LogP contribution in [0.3, 0.4) is 0 Å². The monoisotopic (exact) mass is 236 g/mol. The Morgan fingerprint density at radius 3 is 3.06 bits per heavy atom. The summed E-state index contributed by atoms with van der Waals surface area (Å²) in [7, 11) is 0. The first-order valence-electron chi connectivity index (χ1n) is 6.18. The molecule has 1 aliphatic rings. The van der Waals surface area contributed by atoms with Crippen molar-refractivity contribution in [3.63, 3.8) is 0 Å². The minimum atomic E-state index is 0.0965. The molecule has 3 N–H and O–H groups in total. The van der Waals surface area contributed by atoms with Crippen LogP contribution in [-0.4, -0.2) is 27.8 Å². The lowest BCUT2D eigenvalue weighted by molar-refractivity contribution is -0.125. The molecule has 2 rings (SSSR count). The van der Waals surface area contributed by atoms with Gasteiger partial charge in [-0.1, -0.05) is 0 Å². The zero-order valence-corrected chi connectivity index (χ0v) is 10.2. The topological polar surface area (TPSA) is 72.9 Å². The summed E-state index contributed by atoms with van der Waals surface area (Å²) < 4.78 is 1.82. The number of amides is 1. The van der Waals surface area contributed by atoms with Crippen LogP contribution in [0.4, 0.5) is 0 Å². The van der Waals surface area contributed by atoms with Crippen molar-refractivity contribution < 1.29 is 4.79 Å². The fraction of sp³-hybridized carbons (Fsp3) is 0.667. The maximum atomic E-state index is 11.9. The summed E-state index contributed by atoms with van der Waals surface area (Å²) in [5, 5.41) is 7.14. The van der Waals surface area contributed by atoms with Crippen LogP contribution in [0.1, 0.15) is 26.2 Å². The van der Waals surface area contributed by atoms with Gasteiger partial charge in [-0.15, -0.1) is 0 Å². The summed E-state index contributed by atoms with van der Waals surface area (Å²) in [4.78, 5) is 11.9. The van der Waals surface area contributed by atoms with E-state index in [1.807, 2.05) is 23.9 Å². The number of carbonyl (C=O) groups excluding carboxylic acids is 1. The van der Waals surface area contributed by atoms with Crippen LogP contribution in [0, 0.1) is 5.92 Å². The van der Waals surface area contributed by atoms with Gasteiger partial charge in [0.05, 0.1) is 6.54 Å². The number of nitrogens with zero attached hydrogens (tertiary/aromatic N) is 2. The number of nitrogens with one attached hydrogen (secondary N) is 1. The predicted octanol–water partition coefficient (Wildman–Crippen LogP) is 0.515. The molecule has 3 unspecified atom stereocenters. The molecular weight excluding hydrogens is 216 g/mol. The maximum absolute atomic E-state index is 11.9. The van der Waals surface area contributed by atoms with Crippen LogP contribution in [-0.2, 0) is 11.3 Å². The highest BCUT2D eigenvalue weighted by Gasteiger charge is 2.28. The molecule has 1 aliphatic carbocycles. The molecule has 0 saturated heterocycles. The predicted molar refractivity (Wildman–Crippen MR) is 65.1 cm³/mol. The van der Waals surface area contributed by atoms with Gasteiger partial charge in [-0.3, -0.25) is 9.48 Å². The van der Waals surface area contributed by atoms with Gasteiger partial charge in [0.1, 0.15) is 0 Å². The maximum Gasteiger partial charge on any atom is 0.223 e. The zero-order valence-electron chi connectivity index (χ0n) is 10.2. The van der Waals surface area contributed by atoms with Crippen LogP contribution in [0.15, 0.2) is 18.5 Å². The summed E-state index contributed by atoms with van der Waals surface area (Å²) in [5.74, 6) is 0.239. The molecule has 1 aromatic rings. The number of nitrogens with two attached hydrogens (primary N) is 1. The lowest BCUT2D eigenvalue weighted by Gasteiger charge is -2.17. The highest BCUT2D eigenvalue weighted by Crippen LogP contribution is 2.24. The van der Waals surface area contributed by atoms with E-state index in [1.54, 1.807) is 6.20 Å². The normalized spacial score (nSPS) is 25.8. The second kappa shape index (κ2) is 5.31. The standard InChI is InChI=1S/C12H20N4O/c1-9(8-16-6-2-5-14-16)15-12(17)10-3-4-11(13)7-10/h2,5-6,9-11H,3-4,7-8,13H2,1H3,(H,15,17). The van der Waals surface area contributed by atoms with E-state index in [4.69, 9.17) is 5.73 Å². The first-order valence-corrected chi connectivity index (χ1v) is 6.18. The quantitative estimate of drug-likeness (QED) is 0.800. The van der Waals surface area contributed by atoms with Crippen molar-refractivity contribution in [3.8, 4) is 0 Å². The third-order valence-corrected chi connectivity index (χ3v) is 3.25. The molecule has 5 heteroatoms. The second-order valence-corrected chi connectivity index (χ2v) is 4.91. The third kappa shape index (κ3) is 3.30. The van der Waals surface area contributed by atoms with Crippen LogP contribution < -0.4 is 11.1 Å². The Morgan fingerprint density at radius 1 is 1.65 bits per heavy atom. The van der Waals surface area contributed by atoms with E-state index < -0.39 is 0 Å². The number of hydrogen-bond acceptors (Lipinski definition) is 3. The Morgan fingerprint density at radius 2 is 2.47 bits per heavy atom. The molecule has 0 aromatic carbocycles. The molecule has 3 atom stereocenters. The largest absolute Gasteiger partial charge is 0.352 e. The van der Waals surface area contributed by atoms with Crippen LogP contribution in [0.2, 0.25) is 0 Å². The van der Waals surface area contributed by atoms with Crippen molar-refractivity contribution in [1.29, 1.82) is 0 Å². The summed E-state index contributed by atoms with van der Waals surface area (Å²) in [5.41, 5.74) is 5.81. The van der Waals surface area contributed by atoms with Gasteiger partial charge < -0.3 is 11.1 Å². The van der Waals surface area contributed by atoms with E-state index in [9.17, 15) is 4.79 Å². The number of hydrogen-bond donors (Lipinski definition) is 2. The van der Waals surface area contributed by atoms with Crippen LogP contribution >= 0.6 is 0 Å². The van der Waals surface area contributed by atoms with Crippen molar-refractivity contribution in [2.45, 2.75) is 44.8 Å². The van der Waals surface area contributed by atoms with E-state index in [1.165, 1.54) is 0 Å². The van der Waals surface area contributed by atoms with E-state index >= 15 is 0 Å². The Labute approximate surface area is 101 Å². The second-order valence-electron chi connectivity index (χ2n) is 4.91. The van der Waals surface area contributed by atoms with E-state index in [0.29, 0.717) is 6.54 Å². The minimum Gasteiger partial charge on any atom is -0.352 e. The Kier molecular flexibility index (Phi) is 3.78. The molecule has 94 valence electrons. The molecule has 1 aromatic heterocycles. The molecular formula is C12H20N4O. The van der Waals surface area contributed by atoms with Crippen LogP contribution in [0.5, 0.6) is 0 Å². The lowest BCUT2D eigenvalue weighted by atomic mass is 10.1. The molecule has 0 radical (unpaired) electrons. The van der Waals surface area contributed by atoms with E-state index in [2.05, 4.69) is 10.4 Å². The fourth-order valence-electron chi connectivity index (χ4n) is 2.35. The van der Waals surface area contributed by atoms with Gasteiger partial charge in [0.25, 0.3) is 0 Å². The molecule has 1 fully saturated rings. The molecule has 0 bridgehead atoms. The van der Waals surface area contributed by atoms with Gasteiger partial charge in [0, 0.05) is 30.4 Å². The van der Waals surface area contributed by atoms with Crippen LogP contribution in [0.25, 0.3) is 0 Å². The smallest absolute Gasteiger partial charge is 0.223 e. The van der Waals surface area contributed by atoms with Gasteiger partial charge in [0.15, 0.2) is 0 Å². The van der Waals surface area contributed by atoms with E-state index in [-0.39, 0.29) is 23.9 Å². The average molecular weight is 236 g/mol. The first kappa shape index (κ1) is 12.1. The molecule has 5 nitrogen and oxygen atoms in total. The molecule has 0 aliphatic heterocycles. The van der Waals surface area contributed by atoms with Gasteiger partial charge in [-0.05, 0) is 32.3 Å². The third-order valence-electron chi connectivity index (χ3n) is 3.25. The van der Waals surface area contributed by atoms with Crippen molar-refractivity contribution in [1.82, 2.24) is 15.1 Å². The summed E-state index contributed by atoms with van der Waals surface area (Å²) in [6, 6.07) is 2.18. The zero-order chi connectivity index (χ0) is 12.3. The summed E-state index contributed by atoms with van der Waals surface area (Å²) in [6.45, 7) is 2.70. The van der Waals surface area contributed by atoms with Gasteiger partial charge in [0.2, 0.25) is 5.91 Å². The number of rotatable bonds is 4. The van der Waals surface area contributed by atoms with Crippen molar-refractivity contribution in [2.75, 3.05) is 0 Å². The van der Waals surface area contributed by atoms with E-state index in [0.717, 1.165) is 19.3 Å². The molecule has 1 heterocycles. The SMILES string of the molecule is CC(Cn1cccn1)NC(=O)C1CCC(N)C1.